The standard InChI is InChI=1S/C22H19NOS/c1-16(22-24-19-14-8-9-15-20(19)25-22)21(17-10-4-2-5-11-17)23-18-12-6-3-7-13-18/h2-16,22H,1H3. The Morgan fingerprint density at radius 3 is 2.24 bits per heavy atom. The van der Waals surface area contributed by atoms with Crippen molar-refractivity contribution in [3.63, 3.8) is 0 Å². The number of benzene rings is 3. The molecule has 0 fully saturated rings. The van der Waals surface area contributed by atoms with E-state index in [1.165, 1.54) is 4.90 Å². The van der Waals surface area contributed by atoms with E-state index in [0.717, 1.165) is 22.7 Å². The fourth-order valence-corrected chi connectivity index (χ4v) is 4.06. The van der Waals surface area contributed by atoms with Crippen molar-refractivity contribution >= 4 is 23.2 Å². The number of para-hydroxylation sites is 2. The quantitative estimate of drug-likeness (QED) is 0.545. The van der Waals surface area contributed by atoms with Gasteiger partial charge in [0.1, 0.15) is 5.75 Å². The predicted octanol–water partition coefficient (Wildman–Crippen LogP) is 5.95. The summed E-state index contributed by atoms with van der Waals surface area (Å²) >= 11 is 1.77. The number of hydrogen-bond acceptors (Lipinski definition) is 3. The molecule has 2 atom stereocenters. The van der Waals surface area contributed by atoms with Gasteiger partial charge in [-0.05, 0) is 29.8 Å². The van der Waals surface area contributed by atoms with Crippen LogP contribution in [-0.4, -0.2) is 11.1 Å². The molecule has 3 aromatic carbocycles. The summed E-state index contributed by atoms with van der Waals surface area (Å²) < 4.78 is 6.19. The van der Waals surface area contributed by atoms with E-state index in [-0.39, 0.29) is 11.4 Å². The number of ether oxygens (including phenoxy) is 1. The van der Waals surface area contributed by atoms with E-state index in [4.69, 9.17) is 9.73 Å². The summed E-state index contributed by atoms with van der Waals surface area (Å²) in [6, 6.07) is 28.7. The average molecular weight is 345 g/mol. The molecule has 0 bridgehead atoms. The first kappa shape index (κ1) is 16.0. The molecule has 0 radical (unpaired) electrons. The number of nitrogens with zero attached hydrogens (tertiary/aromatic N) is 1. The van der Waals surface area contributed by atoms with E-state index < -0.39 is 0 Å². The summed E-state index contributed by atoms with van der Waals surface area (Å²) in [7, 11) is 0. The van der Waals surface area contributed by atoms with Crippen molar-refractivity contribution in [3.05, 3.63) is 90.5 Å². The maximum absolute atomic E-state index is 6.19. The lowest BCUT2D eigenvalue weighted by molar-refractivity contribution is 0.265. The minimum absolute atomic E-state index is 0.0278. The van der Waals surface area contributed by atoms with Crippen molar-refractivity contribution in [1.82, 2.24) is 0 Å². The van der Waals surface area contributed by atoms with Crippen molar-refractivity contribution in [2.24, 2.45) is 10.9 Å². The van der Waals surface area contributed by atoms with E-state index in [1.54, 1.807) is 11.8 Å². The van der Waals surface area contributed by atoms with Crippen LogP contribution in [0.25, 0.3) is 0 Å². The van der Waals surface area contributed by atoms with Gasteiger partial charge in [-0.1, -0.05) is 79.3 Å². The zero-order valence-electron chi connectivity index (χ0n) is 14.0. The van der Waals surface area contributed by atoms with Crippen LogP contribution in [0, 0.1) is 5.92 Å². The van der Waals surface area contributed by atoms with Crippen LogP contribution in [0.3, 0.4) is 0 Å². The van der Waals surface area contributed by atoms with Crippen LogP contribution in [0.1, 0.15) is 12.5 Å². The number of thioether (sulfide) groups is 1. The molecule has 0 amide bonds. The van der Waals surface area contributed by atoms with Crippen molar-refractivity contribution in [3.8, 4) is 5.75 Å². The van der Waals surface area contributed by atoms with Gasteiger partial charge in [0.05, 0.1) is 16.3 Å². The molecule has 1 aliphatic heterocycles. The normalized spacial score (nSPS) is 17.6. The zero-order valence-corrected chi connectivity index (χ0v) is 14.8. The van der Waals surface area contributed by atoms with Crippen LogP contribution in [0.5, 0.6) is 5.75 Å². The van der Waals surface area contributed by atoms with Gasteiger partial charge < -0.3 is 4.74 Å². The van der Waals surface area contributed by atoms with Gasteiger partial charge in [0.15, 0.2) is 5.44 Å². The molecule has 0 spiro atoms. The molecule has 0 N–H and O–H groups in total. The van der Waals surface area contributed by atoms with Crippen molar-refractivity contribution in [1.29, 1.82) is 0 Å². The Morgan fingerprint density at radius 2 is 1.52 bits per heavy atom. The SMILES string of the molecule is CC(C(=Nc1ccccc1)c1ccccc1)C1Oc2ccccc2S1. The highest BCUT2D eigenvalue weighted by atomic mass is 32.2. The first-order chi connectivity index (χ1) is 12.3. The van der Waals surface area contributed by atoms with Gasteiger partial charge in [0.25, 0.3) is 0 Å². The number of aliphatic imine (C=N–C) groups is 1. The number of rotatable bonds is 4. The maximum atomic E-state index is 6.19. The first-order valence-electron chi connectivity index (χ1n) is 8.42. The number of hydrogen-bond donors (Lipinski definition) is 0. The third kappa shape index (κ3) is 3.47. The zero-order chi connectivity index (χ0) is 17.1. The summed E-state index contributed by atoms with van der Waals surface area (Å²) in [4.78, 5) is 6.16. The van der Waals surface area contributed by atoms with Gasteiger partial charge in [-0.2, -0.15) is 0 Å². The molecule has 4 rings (SSSR count). The van der Waals surface area contributed by atoms with Crippen molar-refractivity contribution < 1.29 is 4.74 Å². The first-order valence-corrected chi connectivity index (χ1v) is 9.30. The molecular weight excluding hydrogens is 326 g/mol. The van der Waals surface area contributed by atoms with Crippen LogP contribution < -0.4 is 4.74 Å². The van der Waals surface area contributed by atoms with Crippen LogP contribution in [0.15, 0.2) is 94.8 Å². The van der Waals surface area contributed by atoms with Crippen LogP contribution >= 0.6 is 11.8 Å². The third-order valence-electron chi connectivity index (χ3n) is 4.25. The molecule has 124 valence electrons. The summed E-state index contributed by atoms with van der Waals surface area (Å²) in [5.74, 6) is 1.12. The Labute approximate surface area is 152 Å². The highest BCUT2D eigenvalue weighted by Crippen LogP contribution is 2.43. The molecule has 0 saturated heterocycles. The molecule has 0 aliphatic carbocycles. The van der Waals surface area contributed by atoms with E-state index in [0.29, 0.717) is 0 Å². The molecule has 25 heavy (non-hydrogen) atoms. The van der Waals surface area contributed by atoms with Gasteiger partial charge in [-0.15, -0.1) is 0 Å². The molecule has 2 unspecified atom stereocenters. The minimum Gasteiger partial charge on any atom is -0.478 e. The van der Waals surface area contributed by atoms with Crippen LogP contribution in [0.2, 0.25) is 0 Å². The molecule has 2 nitrogen and oxygen atoms in total. The van der Waals surface area contributed by atoms with Crippen LogP contribution in [0.4, 0.5) is 5.69 Å². The summed E-state index contributed by atoms with van der Waals surface area (Å²) in [6.45, 7) is 2.19. The molecule has 1 aliphatic rings. The summed E-state index contributed by atoms with van der Waals surface area (Å²) in [6.07, 6.45) is 0. The highest BCUT2D eigenvalue weighted by molar-refractivity contribution is 8.00. The van der Waals surface area contributed by atoms with Gasteiger partial charge >= 0.3 is 0 Å². The maximum Gasteiger partial charge on any atom is 0.157 e. The van der Waals surface area contributed by atoms with Gasteiger partial charge in [0.2, 0.25) is 0 Å². The van der Waals surface area contributed by atoms with Gasteiger partial charge in [-0.25, -0.2) is 0 Å². The van der Waals surface area contributed by atoms with E-state index in [2.05, 4.69) is 43.3 Å². The second-order valence-corrected chi connectivity index (χ2v) is 7.18. The Balaban J connectivity index is 1.68. The largest absolute Gasteiger partial charge is 0.478 e. The van der Waals surface area contributed by atoms with Crippen molar-refractivity contribution in [2.75, 3.05) is 0 Å². The third-order valence-corrected chi connectivity index (χ3v) is 5.58. The molecular formula is C22H19NOS. The summed E-state index contributed by atoms with van der Waals surface area (Å²) in [5.41, 5.74) is 3.19. The van der Waals surface area contributed by atoms with Gasteiger partial charge in [-0.3, -0.25) is 4.99 Å². The van der Waals surface area contributed by atoms with Gasteiger partial charge in [0, 0.05) is 5.92 Å². The predicted molar refractivity (Wildman–Crippen MR) is 105 cm³/mol. The molecule has 3 aromatic rings. The fourth-order valence-electron chi connectivity index (χ4n) is 2.93. The Hall–Kier alpha value is -2.52. The van der Waals surface area contributed by atoms with Crippen LogP contribution in [-0.2, 0) is 0 Å². The monoisotopic (exact) mass is 345 g/mol. The topological polar surface area (TPSA) is 21.6 Å². The fraction of sp³-hybridized carbons (Fsp3) is 0.136. The highest BCUT2D eigenvalue weighted by Gasteiger charge is 2.31. The lowest BCUT2D eigenvalue weighted by atomic mass is 9.98. The average Bonchev–Trinajstić information content (AvgIpc) is 3.11. The molecule has 1 heterocycles. The lowest BCUT2D eigenvalue weighted by Crippen LogP contribution is -2.26. The van der Waals surface area contributed by atoms with E-state index in [9.17, 15) is 0 Å². The Kier molecular flexibility index (Phi) is 4.57. The smallest absolute Gasteiger partial charge is 0.157 e. The molecule has 0 aromatic heterocycles. The van der Waals surface area contributed by atoms with Crippen molar-refractivity contribution in [2.45, 2.75) is 17.3 Å². The lowest BCUT2D eigenvalue weighted by Gasteiger charge is -2.21. The number of fused-ring (bicyclic) bond motifs is 1. The molecule has 3 heteroatoms. The minimum atomic E-state index is 0.0278. The Bertz CT molecular complexity index is 852. The van der Waals surface area contributed by atoms with E-state index >= 15 is 0 Å². The summed E-state index contributed by atoms with van der Waals surface area (Å²) in [5, 5.41) is 0. The second kappa shape index (κ2) is 7.16. The Morgan fingerprint density at radius 1 is 0.880 bits per heavy atom. The second-order valence-electron chi connectivity index (χ2n) is 6.04. The molecule has 0 saturated carbocycles. The van der Waals surface area contributed by atoms with E-state index in [1.807, 2.05) is 48.5 Å².